The summed E-state index contributed by atoms with van der Waals surface area (Å²) < 4.78 is 52.0. The average molecular weight is 631 g/mol. The van der Waals surface area contributed by atoms with Crippen LogP contribution in [0.5, 0.6) is 5.75 Å². The van der Waals surface area contributed by atoms with Gasteiger partial charge >= 0.3 is 6.09 Å². The smallest absolute Gasteiger partial charge is 0.407 e. The Balaban J connectivity index is 1.33. The highest BCUT2D eigenvalue weighted by atomic mass is 32.2. The number of nitrogens with one attached hydrogen (secondary N) is 1. The number of alkyl carbamates (subject to hydrolysis) is 1. The fourth-order valence-corrected chi connectivity index (χ4v) is 8.97. The van der Waals surface area contributed by atoms with Crippen molar-refractivity contribution in [3.63, 3.8) is 0 Å². The second-order valence-electron chi connectivity index (χ2n) is 12.8. The van der Waals surface area contributed by atoms with Gasteiger partial charge in [-0.3, -0.25) is 0 Å². The predicted molar refractivity (Wildman–Crippen MR) is 165 cm³/mol. The van der Waals surface area contributed by atoms with E-state index < -0.39 is 33.9 Å². The maximum absolute atomic E-state index is 13.7. The molecule has 1 unspecified atom stereocenters. The summed E-state index contributed by atoms with van der Waals surface area (Å²) in [5, 5.41) is 14.5. The van der Waals surface area contributed by atoms with Gasteiger partial charge in [0.05, 0.1) is 36.9 Å². The molecule has 0 bridgehead atoms. The molecule has 0 aromatic heterocycles. The van der Waals surface area contributed by atoms with Crippen LogP contribution in [0, 0.1) is 17.8 Å². The van der Waals surface area contributed by atoms with Crippen LogP contribution in [-0.4, -0.2) is 87.8 Å². The number of amides is 1. The number of hydrogen-bond acceptors (Lipinski definition) is 8. The largest absolute Gasteiger partial charge is 0.497 e. The molecule has 5 rings (SSSR count). The lowest BCUT2D eigenvalue weighted by molar-refractivity contribution is -0.0382. The summed E-state index contributed by atoms with van der Waals surface area (Å²) in [7, 11) is -0.728. The van der Waals surface area contributed by atoms with Crippen molar-refractivity contribution < 1.29 is 37.3 Å². The lowest BCUT2D eigenvalue weighted by atomic mass is 9.75. The van der Waals surface area contributed by atoms with Gasteiger partial charge in [-0.05, 0) is 55.0 Å². The lowest BCUT2D eigenvalue weighted by Gasteiger charge is -2.34. The van der Waals surface area contributed by atoms with Crippen molar-refractivity contribution in [3.05, 3.63) is 60.2 Å². The maximum Gasteiger partial charge on any atom is 0.407 e. The molecule has 3 fully saturated rings. The number of nitrogens with zero attached hydrogens (tertiary/aromatic N) is 1. The molecule has 2 saturated carbocycles. The van der Waals surface area contributed by atoms with Gasteiger partial charge in [-0.25, -0.2) is 13.2 Å². The first-order valence-electron chi connectivity index (χ1n) is 15.6. The second-order valence-corrected chi connectivity index (χ2v) is 14.7. The molecule has 1 aliphatic heterocycles. The molecule has 242 valence electrons. The number of benzene rings is 2. The number of rotatable bonds is 13. The van der Waals surface area contributed by atoms with Crippen LogP contribution in [0.4, 0.5) is 4.79 Å². The number of carbonyl (C=O) groups is 1. The minimum Gasteiger partial charge on any atom is -0.497 e. The van der Waals surface area contributed by atoms with E-state index in [1.54, 1.807) is 19.2 Å². The number of sulfonamides is 1. The zero-order valence-electron chi connectivity index (χ0n) is 26.1. The molecule has 2 aromatic rings. The Hall–Kier alpha value is -2.70. The van der Waals surface area contributed by atoms with Gasteiger partial charge in [-0.1, -0.05) is 50.6 Å². The SMILES string of the molecule is COc1ccc(S(=O)(=O)N(CC(C)C)C[C@@H](O)[C@H](Cc2ccccc2)NC(=O)O[C@@H]2C[C@]3(OC)CO[C@@H]4CCCC2[C@@H]43)cc1. The van der Waals surface area contributed by atoms with Crippen molar-refractivity contribution in [3.8, 4) is 5.75 Å². The van der Waals surface area contributed by atoms with E-state index in [-0.39, 0.29) is 47.9 Å². The fraction of sp³-hybridized carbons (Fsp3) is 0.606. The fourth-order valence-electron chi connectivity index (χ4n) is 7.35. The summed E-state index contributed by atoms with van der Waals surface area (Å²) in [6.45, 7) is 4.33. The first-order valence-corrected chi connectivity index (χ1v) is 17.0. The standard InChI is InChI=1S/C33H46N2O8S/c1-22(2)19-35(44(38,39)25-15-13-24(40-3)14-16-25)20-28(36)27(17-23-9-6-5-7-10-23)34-32(37)43-30-18-33(41-4)21-42-29-12-8-11-26(30)31(29)33/h5-7,9-10,13-16,22,26-31,36H,8,11-12,17-21H2,1-4H3,(H,34,37)/t26?,27-,28+,29+,30+,31-,33-/m0/s1. The zero-order chi connectivity index (χ0) is 31.5. The van der Waals surface area contributed by atoms with E-state index >= 15 is 0 Å². The van der Waals surface area contributed by atoms with Gasteiger partial charge in [0.15, 0.2) is 0 Å². The third-order valence-corrected chi connectivity index (χ3v) is 11.3. The Morgan fingerprint density at radius 2 is 1.82 bits per heavy atom. The van der Waals surface area contributed by atoms with E-state index in [4.69, 9.17) is 18.9 Å². The number of aliphatic hydroxyl groups is 1. The van der Waals surface area contributed by atoms with Crippen LogP contribution in [0.2, 0.25) is 0 Å². The number of methoxy groups -OCH3 is 2. The number of aliphatic hydroxyl groups excluding tert-OH is 1. The van der Waals surface area contributed by atoms with Gasteiger partial charge < -0.3 is 29.4 Å². The van der Waals surface area contributed by atoms with Crippen LogP contribution in [0.25, 0.3) is 0 Å². The molecule has 3 aliphatic rings. The van der Waals surface area contributed by atoms with E-state index in [0.29, 0.717) is 25.2 Å². The van der Waals surface area contributed by atoms with E-state index in [1.807, 2.05) is 44.2 Å². The Kier molecular flexibility index (Phi) is 10.2. The van der Waals surface area contributed by atoms with Crippen LogP contribution in [-0.2, 0) is 30.7 Å². The topological polar surface area (TPSA) is 124 Å². The molecule has 1 heterocycles. The van der Waals surface area contributed by atoms with Crippen molar-refractivity contribution in [1.82, 2.24) is 9.62 Å². The highest BCUT2D eigenvalue weighted by molar-refractivity contribution is 7.89. The summed E-state index contributed by atoms with van der Waals surface area (Å²) in [6, 6.07) is 14.9. The minimum atomic E-state index is -3.95. The molecule has 10 nitrogen and oxygen atoms in total. The molecule has 0 radical (unpaired) electrons. The van der Waals surface area contributed by atoms with Crippen LogP contribution in [0.3, 0.4) is 0 Å². The van der Waals surface area contributed by atoms with Gasteiger partial charge in [0, 0.05) is 38.5 Å². The van der Waals surface area contributed by atoms with Crippen LogP contribution in [0.1, 0.15) is 45.1 Å². The maximum atomic E-state index is 13.7. The Labute approximate surface area is 261 Å². The molecular formula is C33H46N2O8S. The van der Waals surface area contributed by atoms with Crippen LogP contribution in [0.15, 0.2) is 59.5 Å². The number of ether oxygens (including phenoxy) is 4. The highest BCUT2D eigenvalue weighted by Crippen LogP contribution is 2.55. The highest BCUT2D eigenvalue weighted by Gasteiger charge is 2.63. The molecular weight excluding hydrogens is 584 g/mol. The van der Waals surface area contributed by atoms with Gasteiger partial charge in [0.25, 0.3) is 0 Å². The van der Waals surface area contributed by atoms with Crippen molar-refractivity contribution >= 4 is 16.1 Å². The molecule has 2 aromatic carbocycles. The molecule has 11 heteroatoms. The predicted octanol–water partition coefficient (Wildman–Crippen LogP) is 4.01. The summed E-state index contributed by atoms with van der Waals surface area (Å²) in [5.74, 6) is 0.885. The third-order valence-electron chi connectivity index (χ3n) is 9.45. The van der Waals surface area contributed by atoms with Gasteiger partial charge in [0.1, 0.15) is 17.5 Å². The Morgan fingerprint density at radius 1 is 1.09 bits per heavy atom. The van der Waals surface area contributed by atoms with Crippen LogP contribution >= 0.6 is 0 Å². The summed E-state index contributed by atoms with van der Waals surface area (Å²) in [4.78, 5) is 13.6. The van der Waals surface area contributed by atoms with E-state index in [2.05, 4.69) is 5.32 Å². The second kappa shape index (κ2) is 13.7. The van der Waals surface area contributed by atoms with Gasteiger partial charge in [0.2, 0.25) is 10.0 Å². The molecule has 7 atom stereocenters. The van der Waals surface area contributed by atoms with Crippen molar-refractivity contribution in [1.29, 1.82) is 0 Å². The zero-order valence-corrected chi connectivity index (χ0v) is 26.9. The van der Waals surface area contributed by atoms with Crippen LogP contribution < -0.4 is 10.1 Å². The van der Waals surface area contributed by atoms with Crippen molar-refractivity contribution in [2.75, 3.05) is 33.9 Å². The van der Waals surface area contributed by atoms with Gasteiger partial charge in [-0.2, -0.15) is 4.31 Å². The number of hydrogen-bond donors (Lipinski definition) is 2. The monoisotopic (exact) mass is 630 g/mol. The lowest BCUT2D eigenvalue weighted by Crippen LogP contribution is -2.51. The normalized spacial score (nSPS) is 27.6. The van der Waals surface area contributed by atoms with E-state index in [9.17, 15) is 18.3 Å². The van der Waals surface area contributed by atoms with Crippen molar-refractivity contribution in [2.45, 2.75) is 80.8 Å². The van der Waals surface area contributed by atoms with Crippen molar-refractivity contribution in [2.24, 2.45) is 17.8 Å². The number of carbonyl (C=O) groups excluding carboxylic acids is 1. The summed E-state index contributed by atoms with van der Waals surface area (Å²) in [5.41, 5.74) is 0.447. The van der Waals surface area contributed by atoms with Gasteiger partial charge in [-0.15, -0.1) is 0 Å². The molecule has 1 amide bonds. The van der Waals surface area contributed by atoms with E-state index in [1.165, 1.54) is 23.5 Å². The summed E-state index contributed by atoms with van der Waals surface area (Å²) >= 11 is 0. The minimum absolute atomic E-state index is 0.000978. The molecule has 44 heavy (non-hydrogen) atoms. The Morgan fingerprint density at radius 3 is 2.48 bits per heavy atom. The first kappa shape index (κ1) is 32.7. The molecule has 1 saturated heterocycles. The molecule has 0 spiro atoms. The molecule has 2 N–H and O–H groups in total. The summed E-state index contributed by atoms with van der Waals surface area (Å²) in [6.07, 6.45) is 1.76. The third kappa shape index (κ3) is 6.92. The molecule has 2 aliphatic carbocycles. The Bertz CT molecular complexity index is 1360. The van der Waals surface area contributed by atoms with E-state index in [0.717, 1.165) is 24.8 Å². The quantitative estimate of drug-likeness (QED) is 0.340. The average Bonchev–Trinajstić information content (AvgIpc) is 3.54. The first-order chi connectivity index (χ1) is 21.1.